The highest BCUT2D eigenvalue weighted by Gasteiger charge is 2.06. The topological polar surface area (TPSA) is 52.6 Å². The van der Waals surface area contributed by atoms with E-state index in [4.69, 9.17) is 9.47 Å². The summed E-state index contributed by atoms with van der Waals surface area (Å²) in [6, 6.07) is 0. The van der Waals surface area contributed by atoms with E-state index < -0.39 is 0 Å². The lowest BCUT2D eigenvalue weighted by molar-refractivity contribution is -0.146. The van der Waals surface area contributed by atoms with Gasteiger partial charge in [-0.25, -0.2) is 0 Å². The van der Waals surface area contributed by atoms with Crippen LogP contribution in [0.15, 0.2) is 0 Å². The average Bonchev–Trinajstić information content (AvgIpc) is 2.25. The van der Waals surface area contributed by atoms with Crippen molar-refractivity contribution in [3.63, 3.8) is 0 Å². The Hall–Kier alpha value is -1.06. The van der Waals surface area contributed by atoms with Crippen LogP contribution in [-0.2, 0) is 19.1 Å². The van der Waals surface area contributed by atoms with E-state index >= 15 is 0 Å². The quantitative estimate of drug-likeness (QED) is 0.450. The Morgan fingerprint density at radius 3 is 1.37 bits per heavy atom. The van der Waals surface area contributed by atoms with E-state index in [0.717, 1.165) is 38.5 Å². The average molecular weight is 272 g/mol. The van der Waals surface area contributed by atoms with Gasteiger partial charge in [-0.15, -0.1) is 0 Å². The predicted octanol–water partition coefficient (Wildman–Crippen LogP) is 3.62. The summed E-state index contributed by atoms with van der Waals surface area (Å²) >= 11 is 0. The molecule has 19 heavy (non-hydrogen) atoms. The van der Waals surface area contributed by atoms with Crippen molar-refractivity contribution in [1.29, 1.82) is 0 Å². The van der Waals surface area contributed by atoms with E-state index in [1.54, 1.807) is 0 Å². The van der Waals surface area contributed by atoms with Gasteiger partial charge >= 0.3 is 11.9 Å². The normalized spacial score (nSPS) is 13.7. The first kappa shape index (κ1) is 17.9. The van der Waals surface area contributed by atoms with Gasteiger partial charge in [-0.2, -0.15) is 0 Å². The molecule has 4 nitrogen and oxygen atoms in total. The van der Waals surface area contributed by atoms with Gasteiger partial charge in [0.2, 0.25) is 0 Å². The first-order valence-electron chi connectivity index (χ1n) is 7.26. The van der Waals surface area contributed by atoms with E-state index in [9.17, 15) is 9.59 Å². The van der Waals surface area contributed by atoms with Gasteiger partial charge in [-0.3, -0.25) is 9.59 Å². The standard InChI is InChI=1S/C15H28O4/c1-12(18-14(3)16)10-8-6-5-7-9-11-13(2)19-15(4)17/h12-13H,5-11H2,1-4H3/t12-,13-/m1/s1. The maximum atomic E-state index is 10.7. The van der Waals surface area contributed by atoms with Crippen LogP contribution < -0.4 is 0 Å². The van der Waals surface area contributed by atoms with E-state index in [1.807, 2.05) is 13.8 Å². The lowest BCUT2D eigenvalue weighted by Gasteiger charge is -2.12. The minimum Gasteiger partial charge on any atom is -0.463 e. The van der Waals surface area contributed by atoms with Gasteiger partial charge in [-0.05, 0) is 39.5 Å². The number of esters is 2. The molecule has 0 aromatic rings. The molecular weight excluding hydrogens is 244 g/mol. The van der Waals surface area contributed by atoms with Crippen LogP contribution in [0, 0.1) is 0 Å². The van der Waals surface area contributed by atoms with E-state index in [2.05, 4.69) is 0 Å². The number of hydrogen-bond acceptors (Lipinski definition) is 4. The summed E-state index contributed by atoms with van der Waals surface area (Å²) in [6.07, 6.45) is 7.61. The maximum Gasteiger partial charge on any atom is 0.302 e. The highest BCUT2D eigenvalue weighted by atomic mass is 16.5. The smallest absolute Gasteiger partial charge is 0.302 e. The van der Waals surface area contributed by atoms with Gasteiger partial charge in [-0.1, -0.05) is 19.3 Å². The monoisotopic (exact) mass is 272 g/mol. The zero-order valence-corrected chi connectivity index (χ0v) is 12.7. The van der Waals surface area contributed by atoms with Crippen molar-refractivity contribution in [1.82, 2.24) is 0 Å². The molecule has 2 atom stereocenters. The summed E-state index contributed by atoms with van der Waals surface area (Å²) in [4.78, 5) is 21.4. The lowest BCUT2D eigenvalue weighted by atomic mass is 10.1. The summed E-state index contributed by atoms with van der Waals surface area (Å²) < 4.78 is 10.1. The van der Waals surface area contributed by atoms with E-state index in [-0.39, 0.29) is 24.1 Å². The van der Waals surface area contributed by atoms with Gasteiger partial charge in [0.25, 0.3) is 0 Å². The highest BCUT2D eigenvalue weighted by Crippen LogP contribution is 2.12. The molecule has 0 radical (unpaired) electrons. The van der Waals surface area contributed by atoms with Crippen LogP contribution in [0.3, 0.4) is 0 Å². The number of carbonyl (C=O) groups excluding carboxylic acids is 2. The molecule has 0 aliphatic rings. The summed E-state index contributed by atoms with van der Waals surface area (Å²) in [6.45, 7) is 6.76. The lowest BCUT2D eigenvalue weighted by Crippen LogP contribution is -2.12. The molecule has 0 aromatic heterocycles. The van der Waals surface area contributed by atoms with Crippen molar-refractivity contribution in [2.24, 2.45) is 0 Å². The molecule has 112 valence electrons. The molecule has 0 saturated heterocycles. The molecule has 4 heteroatoms. The Kier molecular flexibility index (Phi) is 10.2. The van der Waals surface area contributed by atoms with Crippen molar-refractivity contribution >= 4 is 11.9 Å². The predicted molar refractivity (Wildman–Crippen MR) is 74.8 cm³/mol. The van der Waals surface area contributed by atoms with Crippen LogP contribution in [-0.4, -0.2) is 24.1 Å². The molecule has 0 fully saturated rings. The van der Waals surface area contributed by atoms with Gasteiger partial charge < -0.3 is 9.47 Å². The number of unbranched alkanes of at least 4 members (excludes halogenated alkanes) is 4. The third kappa shape index (κ3) is 13.2. The fourth-order valence-corrected chi connectivity index (χ4v) is 2.08. The van der Waals surface area contributed by atoms with Gasteiger partial charge in [0.05, 0.1) is 12.2 Å². The van der Waals surface area contributed by atoms with Crippen LogP contribution >= 0.6 is 0 Å². The molecule has 0 saturated carbocycles. The van der Waals surface area contributed by atoms with Crippen molar-refractivity contribution < 1.29 is 19.1 Å². The van der Waals surface area contributed by atoms with E-state index in [1.165, 1.54) is 20.3 Å². The molecule has 0 N–H and O–H groups in total. The molecule has 0 aliphatic carbocycles. The minimum absolute atomic E-state index is 0.0292. The summed E-state index contributed by atoms with van der Waals surface area (Å²) in [5.41, 5.74) is 0. The number of ether oxygens (including phenoxy) is 2. The summed E-state index contributed by atoms with van der Waals surface area (Å²) in [7, 11) is 0. The zero-order valence-electron chi connectivity index (χ0n) is 12.7. The Morgan fingerprint density at radius 1 is 0.737 bits per heavy atom. The number of hydrogen-bond donors (Lipinski definition) is 0. The molecule has 0 aromatic carbocycles. The second-order valence-electron chi connectivity index (χ2n) is 5.19. The van der Waals surface area contributed by atoms with Crippen molar-refractivity contribution in [2.75, 3.05) is 0 Å². The van der Waals surface area contributed by atoms with Crippen molar-refractivity contribution in [2.45, 2.75) is 84.8 Å². The first-order valence-corrected chi connectivity index (χ1v) is 7.26. The van der Waals surface area contributed by atoms with Crippen LogP contribution in [0.5, 0.6) is 0 Å². The van der Waals surface area contributed by atoms with Crippen LogP contribution in [0.2, 0.25) is 0 Å². The number of rotatable bonds is 10. The molecule has 0 rings (SSSR count). The molecule has 0 heterocycles. The summed E-state index contributed by atoms with van der Waals surface area (Å²) in [5.74, 6) is -0.404. The second-order valence-corrected chi connectivity index (χ2v) is 5.19. The first-order chi connectivity index (χ1) is 8.91. The minimum atomic E-state index is -0.202. The van der Waals surface area contributed by atoms with Gasteiger partial charge in [0.15, 0.2) is 0 Å². The Morgan fingerprint density at radius 2 is 1.05 bits per heavy atom. The van der Waals surface area contributed by atoms with Crippen LogP contribution in [0.1, 0.15) is 72.6 Å². The molecular formula is C15H28O4. The Labute approximate surface area is 116 Å². The zero-order chi connectivity index (χ0) is 14.7. The second kappa shape index (κ2) is 10.8. The van der Waals surface area contributed by atoms with Crippen LogP contribution in [0.4, 0.5) is 0 Å². The van der Waals surface area contributed by atoms with Gasteiger partial charge in [0.1, 0.15) is 0 Å². The summed E-state index contributed by atoms with van der Waals surface area (Å²) in [5, 5.41) is 0. The maximum absolute atomic E-state index is 10.7. The van der Waals surface area contributed by atoms with Crippen LogP contribution in [0.25, 0.3) is 0 Å². The molecule has 0 bridgehead atoms. The third-order valence-electron chi connectivity index (χ3n) is 2.96. The SMILES string of the molecule is CC(=O)O[C@H](C)CCCCCCC[C@@H](C)OC(C)=O. The fraction of sp³-hybridized carbons (Fsp3) is 0.867. The Balaban J connectivity index is 3.31. The fourth-order valence-electron chi connectivity index (χ4n) is 2.08. The third-order valence-corrected chi connectivity index (χ3v) is 2.96. The molecule has 0 aliphatic heterocycles. The highest BCUT2D eigenvalue weighted by molar-refractivity contribution is 5.66. The Bertz CT molecular complexity index is 237. The molecule has 0 unspecified atom stereocenters. The van der Waals surface area contributed by atoms with Gasteiger partial charge in [0, 0.05) is 13.8 Å². The van der Waals surface area contributed by atoms with Crippen molar-refractivity contribution in [3.05, 3.63) is 0 Å². The largest absolute Gasteiger partial charge is 0.463 e. The molecule has 0 amide bonds. The van der Waals surface area contributed by atoms with E-state index in [0.29, 0.717) is 0 Å². The number of carbonyl (C=O) groups is 2. The molecule has 0 spiro atoms. The van der Waals surface area contributed by atoms with Crippen molar-refractivity contribution in [3.8, 4) is 0 Å².